The molecule has 0 bridgehead atoms. The Morgan fingerprint density at radius 2 is 0.889 bits per heavy atom. The van der Waals surface area contributed by atoms with E-state index in [0.29, 0.717) is 17.1 Å². The highest BCUT2D eigenvalue weighted by Gasteiger charge is 2.25. The molecule has 0 aliphatic carbocycles. The van der Waals surface area contributed by atoms with Crippen molar-refractivity contribution in [1.82, 2.24) is 0 Å². The average Bonchev–Trinajstić information content (AvgIpc) is 3.09. The van der Waals surface area contributed by atoms with Gasteiger partial charge in [-0.2, -0.15) is 45.7 Å². The molecule has 6 aromatic rings. The Morgan fingerprint density at radius 3 is 1.33 bits per heavy atom. The zero-order chi connectivity index (χ0) is 39.2. The van der Waals surface area contributed by atoms with Gasteiger partial charge < -0.3 is 21.7 Å². The van der Waals surface area contributed by atoms with Gasteiger partial charge in [-0.05, 0) is 102 Å². The van der Waals surface area contributed by atoms with Crippen LogP contribution in [0.3, 0.4) is 0 Å². The van der Waals surface area contributed by atoms with E-state index in [1.54, 1.807) is 0 Å². The van der Waals surface area contributed by atoms with E-state index < -0.39 is 67.9 Å². The van der Waals surface area contributed by atoms with Crippen LogP contribution in [-0.2, 0) is 30.4 Å². The molecular formula is C32H24N8O11S3. The van der Waals surface area contributed by atoms with Crippen molar-refractivity contribution in [2.75, 3.05) is 11.5 Å². The quantitative estimate of drug-likeness (QED) is 0.0423. The number of phenolic OH excluding ortho intramolecular Hbond substituents is 2. The molecule has 0 saturated carbocycles. The highest BCUT2D eigenvalue weighted by atomic mass is 32.2. The molecule has 0 fully saturated rings. The Hall–Kier alpha value is -6.43. The molecule has 0 atom stereocenters. The predicted molar refractivity (Wildman–Crippen MR) is 195 cm³/mol. The normalized spacial score (nSPS) is 12.9. The van der Waals surface area contributed by atoms with Crippen molar-refractivity contribution < 1.29 is 49.1 Å². The van der Waals surface area contributed by atoms with Gasteiger partial charge in [0.25, 0.3) is 30.4 Å². The third-order valence-corrected chi connectivity index (χ3v) is 10.2. The summed E-state index contributed by atoms with van der Waals surface area (Å²) < 4.78 is 101. The fourth-order valence-electron chi connectivity index (χ4n) is 5.10. The van der Waals surface area contributed by atoms with Crippen molar-refractivity contribution >= 4 is 97.4 Å². The van der Waals surface area contributed by atoms with E-state index >= 15 is 0 Å². The van der Waals surface area contributed by atoms with Crippen LogP contribution < -0.4 is 11.5 Å². The van der Waals surface area contributed by atoms with E-state index in [2.05, 4.69) is 30.7 Å². The molecule has 0 heterocycles. The number of rotatable bonds is 9. The number of fused-ring (bicyclic) bond motifs is 2. The summed E-state index contributed by atoms with van der Waals surface area (Å²) in [6.45, 7) is 0. The molecular weight excluding hydrogens is 769 g/mol. The maximum atomic E-state index is 12.1. The first-order valence-corrected chi connectivity index (χ1v) is 19.1. The lowest BCUT2D eigenvalue weighted by Gasteiger charge is -2.11. The predicted octanol–water partition coefficient (Wildman–Crippen LogP) is 7.55. The number of anilines is 2. The van der Waals surface area contributed by atoms with Crippen molar-refractivity contribution in [3.63, 3.8) is 0 Å². The standard InChI is InChI=1S/C32H24N8O11S3/c33-18-1-10-24-16(11-18)13-26(53(46,47)48)29(31(24)41)39-37-21-6-2-19(3-7-21)35-36-20-4-8-22(9-5-20)38-40-30-27(54(49,50)51)14-17-12-23(52(43,44)45)15-25(34)28(17)32(30)42/h1-15,41-42H,33-34H2,(H,43,44,45)(H,46,47,48)(H,49,50,51). The smallest absolute Gasteiger partial charge is 0.296 e. The molecule has 54 heavy (non-hydrogen) atoms. The van der Waals surface area contributed by atoms with Gasteiger partial charge in [0.05, 0.1) is 27.6 Å². The fourth-order valence-corrected chi connectivity index (χ4v) is 6.97. The molecule has 19 nitrogen and oxygen atoms in total. The molecule has 9 N–H and O–H groups in total. The summed E-state index contributed by atoms with van der Waals surface area (Å²) >= 11 is 0. The second-order valence-electron chi connectivity index (χ2n) is 11.3. The van der Waals surface area contributed by atoms with Gasteiger partial charge in [0.1, 0.15) is 21.2 Å². The third-order valence-electron chi connectivity index (χ3n) is 7.59. The van der Waals surface area contributed by atoms with Crippen LogP contribution >= 0.6 is 0 Å². The summed E-state index contributed by atoms with van der Waals surface area (Å²) in [7, 11) is -14.6. The SMILES string of the molecule is Nc1ccc2c(O)c(N=Nc3ccc(N=Nc4ccc(N=Nc5c(S(=O)(=O)O)cc6cc(S(=O)(=O)O)cc(N)c6c5O)cc4)cc3)c(S(=O)(=O)O)cc2c1. The number of nitrogen functional groups attached to an aromatic ring is 2. The van der Waals surface area contributed by atoms with Gasteiger partial charge in [0, 0.05) is 22.1 Å². The lowest BCUT2D eigenvalue weighted by atomic mass is 10.1. The number of nitrogens with two attached hydrogens (primary N) is 2. The van der Waals surface area contributed by atoms with Gasteiger partial charge >= 0.3 is 0 Å². The summed E-state index contributed by atoms with van der Waals surface area (Å²) in [5, 5.41) is 45.4. The maximum Gasteiger partial charge on any atom is 0.296 e. The Bertz CT molecular complexity index is 2940. The number of phenols is 2. The molecule has 6 aromatic carbocycles. The van der Waals surface area contributed by atoms with Gasteiger partial charge in [0.2, 0.25) is 0 Å². The summed E-state index contributed by atoms with van der Waals surface area (Å²) in [5.74, 6) is -1.36. The van der Waals surface area contributed by atoms with Crippen LogP contribution in [0, 0.1) is 0 Å². The van der Waals surface area contributed by atoms with Gasteiger partial charge in [-0.3, -0.25) is 13.7 Å². The van der Waals surface area contributed by atoms with E-state index in [1.807, 2.05) is 0 Å². The fraction of sp³-hybridized carbons (Fsp3) is 0. The summed E-state index contributed by atoms with van der Waals surface area (Å²) in [5.41, 5.74) is 11.5. The van der Waals surface area contributed by atoms with Crippen LogP contribution in [0.2, 0.25) is 0 Å². The van der Waals surface area contributed by atoms with Crippen molar-refractivity contribution in [2.24, 2.45) is 30.7 Å². The Kier molecular flexibility index (Phi) is 9.57. The minimum Gasteiger partial charge on any atom is -0.505 e. The third kappa shape index (κ3) is 7.82. The number of nitrogens with zero attached hydrogens (tertiary/aromatic N) is 6. The van der Waals surface area contributed by atoms with E-state index in [0.717, 1.165) is 24.3 Å². The van der Waals surface area contributed by atoms with Gasteiger partial charge in [0.15, 0.2) is 11.5 Å². The van der Waals surface area contributed by atoms with Gasteiger partial charge in [-0.15, -0.1) is 10.2 Å². The molecule has 0 radical (unpaired) electrons. The van der Waals surface area contributed by atoms with Crippen LogP contribution in [-0.4, -0.2) is 49.1 Å². The van der Waals surface area contributed by atoms with Crippen molar-refractivity contribution in [1.29, 1.82) is 0 Å². The Balaban J connectivity index is 1.21. The molecule has 0 unspecified atom stereocenters. The first kappa shape index (κ1) is 37.3. The van der Waals surface area contributed by atoms with E-state index in [-0.39, 0.29) is 38.6 Å². The van der Waals surface area contributed by atoms with Crippen LogP contribution in [0.5, 0.6) is 11.5 Å². The minimum atomic E-state index is -5.04. The zero-order valence-electron chi connectivity index (χ0n) is 26.9. The largest absolute Gasteiger partial charge is 0.505 e. The molecule has 0 amide bonds. The Morgan fingerprint density at radius 1 is 0.463 bits per heavy atom. The lowest BCUT2D eigenvalue weighted by Crippen LogP contribution is -2.02. The highest BCUT2D eigenvalue weighted by molar-refractivity contribution is 7.86. The van der Waals surface area contributed by atoms with Crippen LogP contribution in [0.4, 0.5) is 45.5 Å². The topological polar surface area (TPSA) is 330 Å². The van der Waals surface area contributed by atoms with Crippen LogP contribution in [0.1, 0.15) is 0 Å². The molecule has 276 valence electrons. The van der Waals surface area contributed by atoms with Crippen molar-refractivity contribution in [3.05, 3.63) is 91.0 Å². The summed E-state index contributed by atoms with van der Waals surface area (Å²) in [6, 6.07) is 19.9. The zero-order valence-corrected chi connectivity index (χ0v) is 29.4. The number of azo groups is 3. The van der Waals surface area contributed by atoms with E-state index in [4.69, 9.17) is 11.5 Å². The maximum absolute atomic E-state index is 12.1. The van der Waals surface area contributed by atoms with Crippen molar-refractivity contribution in [2.45, 2.75) is 14.7 Å². The summed E-state index contributed by atoms with van der Waals surface area (Å²) in [4.78, 5) is -2.26. The van der Waals surface area contributed by atoms with Crippen LogP contribution in [0.15, 0.2) is 136 Å². The lowest BCUT2D eigenvalue weighted by molar-refractivity contribution is 0.471. The van der Waals surface area contributed by atoms with E-state index in [9.17, 15) is 49.1 Å². The first-order valence-electron chi connectivity index (χ1n) is 14.8. The average molecular weight is 793 g/mol. The Labute approximate surface area is 304 Å². The molecule has 0 aromatic heterocycles. The van der Waals surface area contributed by atoms with Gasteiger partial charge in [-0.1, -0.05) is 0 Å². The molecule has 6 rings (SSSR count). The molecule has 0 spiro atoms. The monoisotopic (exact) mass is 792 g/mol. The number of aromatic hydroxyl groups is 2. The minimum absolute atomic E-state index is 0.151. The molecule has 0 saturated heterocycles. The number of benzene rings is 6. The van der Waals surface area contributed by atoms with Crippen molar-refractivity contribution in [3.8, 4) is 11.5 Å². The van der Waals surface area contributed by atoms with Gasteiger partial charge in [-0.25, -0.2) is 0 Å². The highest BCUT2D eigenvalue weighted by Crippen LogP contribution is 2.45. The summed E-state index contributed by atoms with van der Waals surface area (Å²) in [6.07, 6.45) is 0. The second kappa shape index (κ2) is 13.8. The first-order chi connectivity index (χ1) is 25.3. The molecule has 0 aliphatic rings. The van der Waals surface area contributed by atoms with Crippen LogP contribution in [0.25, 0.3) is 21.5 Å². The number of hydrogen-bond acceptors (Lipinski definition) is 16. The molecule has 22 heteroatoms. The number of hydrogen-bond donors (Lipinski definition) is 7. The molecule has 0 aliphatic heterocycles. The van der Waals surface area contributed by atoms with E-state index in [1.165, 1.54) is 66.7 Å². The second-order valence-corrected chi connectivity index (χ2v) is 15.5.